The van der Waals surface area contributed by atoms with Crippen molar-refractivity contribution in [1.82, 2.24) is 9.97 Å². The number of H-pyrrole nitrogens is 1. The highest BCUT2D eigenvalue weighted by molar-refractivity contribution is 6.31. The van der Waals surface area contributed by atoms with Crippen LogP contribution in [-0.2, 0) is 6.54 Å². The van der Waals surface area contributed by atoms with Crippen LogP contribution < -0.4 is 0 Å². The summed E-state index contributed by atoms with van der Waals surface area (Å²) in [7, 11) is 6.48. The Morgan fingerprint density at radius 2 is 1.94 bits per heavy atom. The van der Waals surface area contributed by atoms with E-state index in [1.54, 1.807) is 6.20 Å². The third kappa shape index (κ3) is 3.72. The van der Waals surface area contributed by atoms with Crippen LogP contribution in [0.5, 0.6) is 0 Å². The molecule has 0 aliphatic rings. The predicted molar refractivity (Wildman–Crippen MR) is 74.2 cm³/mol. The van der Waals surface area contributed by atoms with Crippen LogP contribution in [0.3, 0.4) is 0 Å². The number of fused-ring (bicyclic) bond motifs is 1. The quantitative estimate of drug-likeness (QED) is 0.817. The zero-order valence-corrected chi connectivity index (χ0v) is 12.0. The minimum Gasteiger partial charge on any atom is -0.359 e. The molecule has 0 aliphatic heterocycles. The topological polar surface area (TPSA) is 28.7 Å². The van der Waals surface area contributed by atoms with E-state index in [4.69, 9.17) is 11.6 Å². The van der Waals surface area contributed by atoms with Gasteiger partial charge in [-0.1, -0.05) is 25.4 Å². The number of halogens is 1. The third-order valence-corrected chi connectivity index (χ3v) is 2.41. The molecule has 2 rings (SSSR count). The fourth-order valence-corrected chi connectivity index (χ4v) is 1.83. The SMILES string of the molecule is CC.C[N+](C)(C)Cc1c[nH]c2cc(Cl)cnc12. The summed E-state index contributed by atoms with van der Waals surface area (Å²) in [5, 5.41) is 0.668. The lowest BCUT2D eigenvalue weighted by Gasteiger charge is -2.23. The number of nitrogens with zero attached hydrogens (tertiary/aromatic N) is 2. The smallest absolute Gasteiger partial charge is 0.107 e. The molecule has 0 saturated heterocycles. The van der Waals surface area contributed by atoms with Crippen molar-refractivity contribution in [3.8, 4) is 0 Å². The van der Waals surface area contributed by atoms with Crippen molar-refractivity contribution in [2.24, 2.45) is 0 Å². The van der Waals surface area contributed by atoms with Gasteiger partial charge in [0.25, 0.3) is 0 Å². The molecule has 0 aliphatic carbocycles. The van der Waals surface area contributed by atoms with Crippen LogP contribution in [0.2, 0.25) is 5.02 Å². The van der Waals surface area contributed by atoms with Gasteiger partial charge in [-0.05, 0) is 6.07 Å². The predicted octanol–water partition coefficient (Wildman–Crippen LogP) is 3.45. The van der Waals surface area contributed by atoms with E-state index in [-0.39, 0.29) is 0 Å². The van der Waals surface area contributed by atoms with E-state index in [9.17, 15) is 0 Å². The summed E-state index contributed by atoms with van der Waals surface area (Å²) in [6.07, 6.45) is 3.70. The van der Waals surface area contributed by atoms with Gasteiger partial charge in [0.05, 0.1) is 42.8 Å². The Kier molecular flexibility index (Phi) is 4.54. The second-order valence-electron chi connectivity index (χ2n) is 4.81. The van der Waals surface area contributed by atoms with Crippen molar-refractivity contribution in [2.45, 2.75) is 20.4 Å². The Hall–Kier alpha value is -1.06. The standard InChI is InChI=1S/C11H15ClN3.C2H6/c1-15(2,3)7-8-5-13-10-4-9(12)6-14-11(8)10;1-2/h4-6,13H,7H2,1-3H3;1-2H3/q+1;. The molecule has 0 amide bonds. The molecular formula is C13H21ClN3+. The van der Waals surface area contributed by atoms with Gasteiger partial charge >= 0.3 is 0 Å². The first-order valence-corrected chi connectivity index (χ1v) is 6.25. The largest absolute Gasteiger partial charge is 0.359 e. The van der Waals surface area contributed by atoms with Gasteiger partial charge in [0.2, 0.25) is 0 Å². The number of rotatable bonds is 2. The lowest BCUT2D eigenvalue weighted by atomic mass is 10.2. The van der Waals surface area contributed by atoms with Crippen molar-refractivity contribution in [3.05, 3.63) is 29.0 Å². The van der Waals surface area contributed by atoms with Gasteiger partial charge < -0.3 is 9.47 Å². The zero-order valence-electron chi connectivity index (χ0n) is 11.2. The summed E-state index contributed by atoms with van der Waals surface area (Å²) in [6.45, 7) is 4.95. The minimum atomic E-state index is 0.668. The first-order chi connectivity index (χ1) is 7.96. The zero-order chi connectivity index (χ0) is 13.1. The number of hydrogen-bond donors (Lipinski definition) is 1. The number of aromatic nitrogens is 2. The van der Waals surface area contributed by atoms with Gasteiger partial charge in [-0.15, -0.1) is 0 Å². The van der Waals surface area contributed by atoms with E-state index in [2.05, 4.69) is 31.1 Å². The Balaban J connectivity index is 0.000000686. The number of aromatic amines is 1. The number of nitrogens with one attached hydrogen (secondary N) is 1. The van der Waals surface area contributed by atoms with Crippen molar-refractivity contribution in [3.63, 3.8) is 0 Å². The number of hydrogen-bond acceptors (Lipinski definition) is 1. The molecule has 0 atom stereocenters. The average Bonchev–Trinajstić information content (AvgIpc) is 2.61. The Morgan fingerprint density at radius 3 is 2.53 bits per heavy atom. The molecule has 17 heavy (non-hydrogen) atoms. The van der Waals surface area contributed by atoms with Gasteiger partial charge in [-0.2, -0.15) is 0 Å². The van der Waals surface area contributed by atoms with Crippen molar-refractivity contribution in [1.29, 1.82) is 0 Å². The van der Waals surface area contributed by atoms with E-state index in [1.807, 2.05) is 26.1 Å². The van der Waals surface area contributed by atoms with Crippen molar-refractivity contribution < 1.29 is 4.48 Å². The van der Waals surface area contributed by atoms with E-state index in [0.29, 0.717) is 5.02 Å². The van der Waals surface area contributed by atoms with E-state index < -0.39 is 0 Å². The second-order valence-corrected chi connectivity index (χ2v) is 5.25. The van der Waals surface area contributed by atoms with Crippen LogP contribution in [-0.4, -0.2) is 35.6 Å². The lowest BCUT2D eigenvalue weighted by molar-refractivity contribution is -0.883. The Morgan fingerprint density at radius 1 is 1.29 bits per heavy atom. The molecule has 0 radical (unpaired) electrons. The molecule has 2 aromatic rings. The van der Waals surface area contributed by atoms with Gasteiger partial charge in [0.1, 0.15) is 6.54 Å². The number of quaternary nitrogens is 1. The minimum absolute atomic E-state index is 0.668. The maximum atomic E-state index is 5.87. The maximum absolute atomic E-state index is 5.87. The average molecular weight is 255 g/mol. The molecule has 94 valence electrons. The first kappa shape index (κ1) is 14.0. The van der Waals surface area contributed by atoms with Crippen LogP contribution >= 0.6 is 11.6 Å². The summed E-state index contributed by atoms with van der Waals surface area (Å²) in [6, 6.07) is 1.91. The van der Waals surface area contributed by atoms with Gasteiger partial charge in [0.15, 0.2) is 0 Å². The molecule has 0 bridgehead atoms. The Bertz CT molecular complexity index is 483. The third-order valence-electron chi connectivity index (χ3n) is 2.21. The summed E-state index contributed by atoms with van der Waals surface area (Å²) in [4.78, 5) is 7.55. The fourth-order valence-electron chi connectivity index (χ4n) is 1.67. The molecule has 0 fully saturated rings. The van der Waals surface area contributed by atoms with Gasteiger partial charge in [0, 0.05) is 12.4 Å². The van der Waals surface area contributed by atoms with E-state index in [1.165, 1.54) is 5.56 Å². The van der Waals surface area contributed by atoms with Crippen LogP contribution in [0.4, 0.5) is 0 Å². The molecule has 0 aromatic carbocycles. The van der Waals surface area contributed by atoms with Crippen LogP contribution in [0.1, 0.15) is 19.4 Å². The van der Waals surface area contributed by atoms with Gasteiger partial charge in [-0.3, -0.25) is 4.98 Å². The van der Waals surface area contributed by atoms with Crippen molar-refractivity contribution >= 4 is 22.6 Å². The van der Waals surface area contributed by atoms with Crippen LogP contribution in [0.15, 0.2) is 18.5 Å². The maximum Gasteiger partial charge on any atom is 0.107 e. The molecule has 2 heterocycles. The van der Waals surface area contributed by atoms with E-state index >= 15 is 0 Å². The lowest BCUT2D eigenvalue weighted by Crippen LogP contribution is -2.33. The van der Waals surface area contributed by atoms with E-state index in [0.717, 1.165) is 22.1 Å². The highest BCUT2D eigenvalue weighted by Gasteiger charge is 2.13. The summed E-state index contributed by atoms with van der Waals surface area (Å²) >= 11 is 5.87. The van der Waals surface area contributed by atoms with Crippen molar-refractivity contribution in [2.75, 3.05) is 21.1 Å². The monoisotopic (exact) mass is 254 g/mol. The summed E-state index contributed by atoms with van der Waals surface area (Å²) in [5.74, 6) is 0. The summed E-state index contributed by atoms with van der Waals surface area (Å²) < 4.78 is 0.886. The Labute approximate surface area is 108 Å². The normalized spacial score (nSPS) is 11.2. The highest BCUT2D eigenvalue weighted by atomic mass is 35.5. The van der Waals surface area contributed by atoms with Crippen LogP contribution in [0.25, 0.3) is 11.0 Å². The molecule has 0 unspecified atom stereocenters. The highest BCUT2D eigenvalue weighted by Crippen LogP contribution is 2.20. The second kappa shape index (κ2) is 5.52. The molecule has 2 aromatic heterocycles. The molecule has 1 N–H and O–H groups in total. The number of pyridine rings is 1. The molecule has 0 saturated carbocycles. The molecule has 3 nitrogen and oxygen atoms in total. The summed E-state index contributed by atoms with van der Waals surface area (Å²) in [5.41, 5.74) is 3.26. The molecule has 0 spiro atoms. The molecule has 4 heteroatoms. The van der Waals surface area contributed by atoms with Gasteiger partial charge in [-0.25, -0.2) is 0 Å². The first-order valence-electron chi connectivity index (χ1n) is 5.88. The fraction of sp³-hybridized carbons (Fsp3) is 0.462. The van der Waals surface area contributed by atoms with Crippen LogP contribution in [0, 0.1) is 0 Å². The molecular weight excluding hydrogens is 234 g/mol.